The molecule has 0 saturated carbocycles. The molecule has 0 radical (unpaired) electrons. The predicted octanol–water partition coefficient (Wildman–Crippen LogP) is 2.31. The van der Waals surface area contributed by atoms with Crippen molar-refractivity contribution in [2.75, 3.05) is 6.54 Å². The normalized spacial score (nSPS) is 19.8. The van der Waals surface area contributed by atoms with E-state index in [1.54, 1.807) is 6.20 Å². The third kappa shape index (κ3) is 2.39. The number of fused-ring (bicyclic) bond motifs is 1. The van der Waals surface area contributed by atoms with E-state index >= 15 is 0 Å². The monoisotopic (exact) mass is 254 g/mol. The van der Waals surface area contributed by atoms with Gasteiger partial charge in [0.05, 0.1) is 11.7 Å². The molecule has 0 spiro atoms. The van der Waals surface area contributed by atoms with Gasteiger partial charge in [-0.05, 0) is 42.6 Å². The first-order chi connectivity index (χ1) is 9.25. The summed E-state index contributed by atoms with van der Waals surface area (Å²) >= 11 is 0. The summed E-state index contributed by atoms with van der Waals surface area (Å²) in [5.41, 5.74) is 4.33. The van der Waals surface area contributed by atoms with E-state index in [0.717, 1.165) is 24.2 Å². The molecule has 1 aliphatic heterocycles. The van der Waals surface area contributed by atoms with Gasteiger partial charge in [-0.15, -0.1) is 0 Å². The van der Waals surface area contributed by atoms with Crippen molar-refractivity contribution in [3.8, 4) is 0 Å². The van der Waals surface area contributed by atoms with Gasteiger partial charge in [0.1, 0.15) is 6.10 Å². The lowest BCUT2D eigenvalue weighted by molar-refractivity contribution is 0.121. The highest BCUT2D eigenvalue weighted by atomic mass is 16.3. The molecule has 0 aliphatic carbocycles. The van der Waals surface area contributed by atoms with E-state index in [9.17, 15) is 5.11 Å². The first kappa shape index (κ1) is 12.3. The number of aliphatic hydroxyl groups is 1. The molecule has 1 aromatic carbocycles. The summed E-state index contributed by atoms with van der Waals surface area (Å²) in [4.78, 5) is 4.34. The summed E-state index contributed by atoms with van der Waals surface area (Å²) in [6.07, 6.45) is 2.20. The maximum absolute atomic E-state index is 10.6. The third-order valence-corrected chi connectivity index (χ3v) is 3.70. The van der Waals surface area contributed by atoms with E-state index in [4.69, 9.17) is 0 Å². The first-order valence-corrected chi connectivity index (χ1v) is 6.67. The van der Waals surface area contributed by atoms with Gasteiger partial charge in [0, 0.05) is 6.20 Å². The van der Waals surface area contributed by atoms with Crippen LogP contribution in [-0.4, -0.2) is 16.6 Å². The minimum atomic E-state index is -0.609. The molecule has 0 saturated heterocycles. The Hall–Kier alpha value is -1.71. The topological polar surface area (TPSA) is 45.1 Å². The van der Waals surface area contributed by atoms with Crippen LogP contribution in [0.15, 0.2) is 42.6 Å². The van der Waals surface area contributed by atoms with Crippen molar-refractivity contribution in [2.24, 2.45) is 0 Å². The largest absolute Gasteiger partial charge is 0.385 e. The lowest BCUT2D eigenvalue weighted by Gasteiger charge is -2.30. The van der Waals surface area contributed by atoms with Crippen molar-refractivity contribution in [3.05, 3.63) is 65.0 Å². The molecule has 2 unspecified atom stereocenters. The zero-order valence-electron chi connectivity index (χ0n) is 11.0. The van der Waals surface area contributed by atoms with Gasteiger partial charge >= 0.3 is 0 Å². The van der Waals surface area contributed by atoms with Crippen LogP contribution in [-0.2, 0) is 6.42 Å². The maximum atomic E-state index is 10.6. The predicted molar refractivity (Wildman–Crippen MR) is 74.8 cm³/mol. The van der Waals surface area contributed by atoms with Crippen LogP contribution in [0.5, 0.6) is 0 Å². The van der Waals surface area contributed by atoms with E-state index in [1.165, 1.54) is 11.1 Å². The highest BCUT2D eigenvalue weighted by molar-refractivity contribution is 5.34. The van der Waals surface area contributed by atoms with E-state index in [0.29, 0.717) is 0 Å². The molecule has 2 heterocycles. The molecule has 2 N–H and O–H groups in total. The van der Waals surface area contributed by atoms with E-state index < -0.39 is 6.10 Å². The standard InChI is InChI=1S/C16H18N2O/c1-11-6-7-14(18-10-11)16(19)15-13-5-3-2-4-12(13)8-9-17-15/h2-7,10,15-17,19H,8-9H2,1H3. The summed E-state index contributed by atoms with van der Waals surface area (Å²) in [7, 11) is 0. The number of hydrogen-bond donors (Lipinski definition) is 2. The van der Waals surface area contributed by atoms with Crippen LogP contribution in [0.2, 0.25) is 0 Å². The molecule has 3 rings (SSSR count). The fourth-order valence-corrected chi connectivity index (χ4v) is 2.64. The highest BCUT2D eigenvalue weighted by Gasteiger charge is 2.27. The van der Waals surface area contributed by atoms with Gasteiger partial charge in [0.2, 0.25) is 0 Å². The van der Waals surface area contributed by atoms with E-state index in [2.05, 4.69) is 28.5 Å². The summed E-state index contributed by atoms with van der Waals surface area (Å²) in [6.45, 7) is 2.89. The molecule has 3 heteroatoms. The number of hydrogen-bond acceptors (Lipinski definition) is 3. The molecular formula is C16H18N2O. The number of aromatic nitrogens is 1. The van der Waals surface area contributed by atoms with E-state index in [1.807, 2.05) is 25.1 Å². The quantitative estimate of drug-likeness (QED) is 0.864. The lowest BCUT2D eigenvalue weighted by Crippen LogP contribution is -2.34. The van der Waals surface area contributed by atoms with Crippen LogP contribution in [0.3, 0.4) is 0 Å². The van der Waals surface area contributed by atoms with Gasteiger partial charge in [-0.1, -0.05) is 30.3 Å². The Bertz CT molecular complexity index is 565. The fraction of sp³-hybridized carbons (Fsp3) is 0.312. The number of rotatable bonds is 2. The van der Waals surface area contributed by atoms with E-state index in [-0.39, 0.29) is 6.04 Å². The SMILES string of the molecule is Cc1ccc(C(O)C2NCCc3ccccc32)nc1. The second-order valence-corrected chi connectivity index (χ2v) is 5.09. The van der Waals surface area contributed by atoms with Gasteiger partial charge in [0.25, 0.3) is 0 Å². The van der Waals surface area contributed by atoms with Gasteiger partial charge in [-0.2, -0.15) is 0 Å². The molecule has 19 heavy (non-hydrogen) atoms. The fourth-order valence-electron chi connectivity index (χ4n) is 2.64. The van der Waals surface area contributed by atoms with Crippen molar-refractivity contribution in [2.45, 2.75) is 25.5 Å². The molecule has 2 aromatic rings. The Kier molecular flexibility index (Phi) is 3.32. The summed E-state index contributed by atoms with van der Waals surface area (Å²) in [5, 5.41) is 14.0. The Morgan fingerprint density at radius 1 is 1.26 bits per heavy atom. The van der Waals surface area contributed by atoms with Crippen molar-refractivity contribution in [3.63, 3.8) is 0 Å². The van der Waals surface area contributed by atoms with Crippen LogP contribution in [0, 0.1) is 6.92 Å². The summed E-state index contributed by atoms with van der Waals surface area (Å²) < 4.78 is 0. The molecular weight excluding hydrogens is 236 g/mol. The Morgan fingerprint density at radius 2 is 2.11 bits per heavy atom. The third-order valence-electron chi connectivity index (χ3n) is 3.70. The second kappa shape index (κ2) is 5.11. The number of aryl methyl sites for hydroxylation is 1. The summed E-state index contributed by atoms with van der Waals surface area (Å²) in [5.74, 6) is 0. The van der Waals surface area contributed by atoms with Gasteiger partial charge < -0.3 is 10.4 Å². The second-order valence-electron chi connectivity index (χ2n) is 5.09. The van der Waals surface area contributed by atoms with Crippen LogP contribution >= 0.6 is 0 Å². The number of aliphatic hydroxyl groups excluding tert-OH is 1. The summed E-state index contributed by atoms with van der Waals surface area (Å²) in [6, 6.07) is 12.1. The first-order valence-electron chi connectivity index (χ1n) is 6.67. The van der Waals surface area contributed by atoms with Crippen LogP contribution in [0.4, 0.5) is 0 Å². The molecule has 0 bridgehead atoms. The average Bonchev–Trinajstić information content (AvgIpc) is 2.47. The molecule has 1 aromatic heterocycles. The van der Waals surface area contributed by atoms with Crippen LogP contribution in [0.25, 0.3) is 0 Å². The number of benzene rings is 1. The van der Waals surface area contributed by atoms with Gasteiger partial charge in [0.15, 0.2) is 0 Å². The molecule has 2 atom stereocenters. The zero-order valence-corrected chi connectivity index (χ0v) is 11.0. The number of nitrogens with one attached hydrogen (secondary N) is 1. The Balaban J connectivity index is 1.92. The van der Waals surface area contributed by atoms with Crippen LogP contribution in [0.1, 0.15) is 34.5 Å². The highest BCUT2D eigenvalue weighted by Crippen LogP contribution is 2.32. The maximum Gasteiger partial charge on any atom is 0.115 e. The van der Waals surface area contributed by atoms with Gasteiger partial charge in [-0.25, -0.2) is 0 Å². The molecule has 3 nitrogen and oxygen atoms in total. The Morgan fingerprint density at radius 3 is 2.89 bits per heavy atom. The minimum Gasteiger partial charge on any atom is -0.385 e. The minimum absolute atomic E-state index is 0.0693. The lowest BCUT2D eigenvalue weighted by atomic mass is 9.90. The Labute approximate surface area is 113 Å². The smallest absolute Gasteiger partial charge is 0.115 e. The number of nitrogens with zero attached hydrogens (tertiary/aromatic N) is 1. The van der Waals surface area contributed by atoms with Crippen molar-refractivity contribution >= 4 is 0 Å². The molecule has 0 fully saturated rings. The van der Waals surface area contributed by atoms with Crippen LogP contribution < -0.4 is 5.32 Å². The van der Waals surface area contributed by atoms with Gasteiger partial charge in [-0.3, -0.25) is 4.98 Å². The molecule has 0 amide bonds. The average molecular weight is 254 g/mol. The molecule has 98 valence electrons. The van der Waals surface area contributed by atoms with Crippen molar-refractivity contribution in [1.82, 2.24) is 10.3 Å². The number of pyridine rings is 1. The van der Waals surface area contributed by atoms with Crippen molar-refractivity contribution < 1.29 is 5.11 Å². The zero-order chi connectivity index (χ0) is 13.2. The molecule has 1 aliphatic rings. The van der Waals surface area contributed by atoms with Crippen molar-refractivity contribution in [1.29, 1.82) is 0 Å².